The lowest BCUT2D eigenvalue weighted by atomic mass is 10.1. The second kappa shape index (κ2) is 9.41. The number of rotatable bonds is 5. The number of anilines is 1. The van der Waals surface area contributed by atoms with E-state index in [1.807, 2.05) is 54.6 Å². The maximum atomic E-state index is 13.0. The number of hydrogen-bond acceptors (Lipinski definition) is 4. The third-order valence-electron chi connectivity index (χ3n) is 4.91. The van der Waals surface area contributed by atoms with Gasteiger partial charge in [-0.05, 0) is 25.1 Å². The Morgan fingerprint density at radius 2 is 1.64 bits per heavy atom. The number of benzene rings is 3. The Morgan fingerprint density at radius 3 is 2.33 bits per heavy atom. The van der Waals surface area contributed by atoms with Crippen LogP contribution in [0.1, 0.15) is 12.5 Å². The van der Waals surface area contributed by atoms with Crippen LogP contribution in [-0.2, 0) is 11.0 Å². The number of thioether (sulfide) groups is 1. The lowest BCUT2D eigenvalue weighted by Crippen LogP contribution is -2.23. The SMILES string of the molecule is C[C@@H](Sc1nnc(-c2ccccc2)c2ccccc12)C(=O)Nc1cc(C(F)(F)F)ccc1Cl. The summed E-state index contributed by atoms with van der Waals surface area (Å²) in [6.45, 7) is 1.64. The van der Waals surface area contributed by atoms with Gasteiger partial charge in [-0.3, -0.25) is 4.79 Å². The number of amides is 1. The minimum absolute atomic E-state index is 0.0194. The molecule has 1 atom stereocenters. The van der Waals surface area contributed by atoms with Crippen molar-refractivity contribution in [2.24, 2.45) is 0 Å². The molecule has 4 rings (SSSR count). The van der Waals surface area contributed by atoms with Crippen LogP contribution in [0.15, 0.2) is 77.8 Å². The summed E-state index contributed by atoms with van der Waals surface area (Å²) in [4.78, 5) is 12.7. The first kappa shape index (κ1) is 23.1. The van der Waals surface area contributed by atoms with Crippen molar-refractivity contribution >= 4 is 45.7 Å². The van der Waals surface area contributed by atoms with Gasteiger partial charge in [0.1, 0.15) is 10.7 Å². The van der Waals surface area contributed by atoms with Crippen molar-refractivity contribution in [3.05, 3.63) is 83.4 Å². The molecule has 33 heavy (non-hydrogen) atoms. The fraction of sp³-hybridized carbons (Fsp3) is 0.125. The Kier molecular flexibility index (Phi) is 6.58. The van der Waals surface area contributed by atoms with E-state index in [1.54, 1.807) is 6.92 Å². The third kappa shape index (κ3) is 5.12. The summed E-state index contributed by atoms with van der Waals surface area (Å²) in [7, 11) is 0. The van der Waals surface area contributed by atoms with E-state index < -0.39 is 22.9 Å². The van der Waals surface area contributed by atoms with E-state index in [2.05, 4.69) is 15.5 Å². The Hall–Kier alpha value is -3.10. The molecule has 0 unspecified atom stereocenters. The van der Waals surface area contributed by atoms with Crippen molar-refractivity contribution < 1.29 is 18.0 Å². The first-order valence-corrected chi connectivity index (χ1v) is 11.1. The quantitative estimate of drug-likeness (QED) is 0.305. The summed E-state index contributed by atoms with van der Waals surface area (Å²) < 4.78 is 39.0. The number of halogens is 4. The van der Waals surface area contributed by atoms with Crippen LogP contribution in [0.2, 0.25) is 5.02 Å². The molecule has 9 heteroatoms. The molecule has 0 spiro atoms. The number of nitrogens with zero attached hydrogens (tertiary/aromatic N) is 2. The van der Waals surface area contributed by atoms with Gasteiger partial charge in [-0.2, -0.15) is 13.2 Å². The molecule has 0 saturated carbocycles. The standard InChI is InChI=1S/C24H17ClF3N3OS/c1-14(22(32)29-20-13-16(24(26,27)28)11-12-19(20)25)33-23-18-10-6-5-9-17(18)21(30-31-23)15-7-3-2-4-8-15/h2-14H,1H3,(H,29,32)/t14-/m1/s1. The average Bonchev–Trinajstić information content (AvgIpc) is 2.80. The highest BCUT2D eigenvalue weighted by molar-refractivity contribution is 8.00. The highest BCUT2D eigenvalue weighted by Gasteiger charge is 2.31. The van der Waals surface area contributed by atoms with E-state index in [-0.39, 0.29) is 10.7 Å². The molecule has 1 N–H and O–H groups in total. The zero-order chi connectivity index (χ0) is 23.6. The lowest BCUT2D eigenvalue weighted by Gasteiger charge is -2.15. The smallest absolute Gasteiger partial charge is 0.324 e. The van der Waals surface area contributed by atoms with Gasteiger partial charge in [0.2, 0.25) is 5.91 Å². The molecule has 168 valence electrons. The topological polar surface area (TPSA) is 54.9 Å². The van der Waals surface area contributed by atoms with Crippen molar-refractivity contribution in [2.45, 2.75) is 23.4 Å². The molecule has 0 aliphatic heterocycles. The van der Waals surface area contributed by atoms with Gasteiger partial charge >= 0.3 is 6.18 Å². The minimum atomic E-state index is -4.54. The number of hydrogen-bond donors (Lipinski definition) is 1. The fourth-order valence-corrected chi connectivity index (χ4v) is 4.29. The van der Waals surface area contributed by atoms with E-state index in [9.17, 15) is 18.0 Å². The van der Waals surface area contributed by atoms with E-state index in [0.29, 0.717) is 5.03 Å². The van der Waals surface area contributed by atoms with Crippen LogP contribution in [-0.4, -0.2) is 21.4 Å². The van der Waals surface area contributed by atoms with Gasteiger partial charge < -0.3 is 5.32 Å². The predicted molar refractivity (Wildman–Crippen MR) is 125 cm³/mol. The molecule has 1 heterocycles. The molecule has 1 amide bonds. The van der Waals surface area contributed by atoms with Crippen molar-refractivity contribution in [1.82, 2.24) is 10.2 Å². The fourth-order valence-electron chi connectivity index (χ4n) is 3.23. The number of alkyl halides is 3. The largest absolute Gasteiger partial charge is 0.416 e. The molecule has 1 aromatic heterocycles. The second-order valence-corrected chi connectivity index (χ2v) is 8.94. The van der Waals surface area contributed by atoms with Crippen LogP contribution in [0.3, 0.4) is 0 Å². The summed E-state index contributed by atoms with van der Waals surface area (Å²) in [5, 5.41) is 12.8. The first-order valence-electron chi connectivity index (χ1n) is 9.89. The lowest BCUT2D eigenvalue weighted by molar-refractivity contribution is -0.137. The Morgan fingerprint density at radius 1 is 0.970 bits per heavy atom. The molecule has 4 nitrogen and oxygen atoms in total. The number of carbonyl (C=O) groups is 1. The normalized spacial score (nSPS) is 12.5. The maximum Gasteiger partial charge on any atom is 0.416 e. The highest BCUT2D eigenvalue weighted by Crippen LogP contribution is 2.36. The van der Waals surface area contributed by atoms with Gasteiger partial charge in [0, 0.05) is 16.3 Å². The van der Waals surface area contributed by atoms with Crippen LogP contribution in [0.25, 0.3) is 22.0 Å². The summed E-state index contributed by atoms with van der Waals surface area (Å²) >= 11 is 7.17. The second-order valence-electron chi connectivity index (χ2n) is 7.21. The average molecular weight is 488 g/mol. The summed E-state index contributed by atoms with van der Waals surface area (Å²) in [5.41, 5.74) is 0.654. The molecule has 0 aliphatic rings. The molecule has 0 fully saturated rings. The van der Waals surface area contributed by atoms with E-state index in [4.69, 9.17) is 11.6 Å². The van der Waals surface area contributed by atoms with Crippen molar-refractivity contribution in [3.63, 3.8) is 0 Å². The van der Waals surface area contributed by atoms with Crippen LogP contribution in [0.5, 0.6) is 0 Å². The van der Waals surface area contributed by atoms with Gasteiger partial charge in [0.05, 0.1) is 21.5 Å². The molecule has 4 aromatic rings. The molecular weight excluding hydrogens is 471 g/mol. The summed E-state index contributed by atoms with van der Waals surface area (Å²) in [6.07, 6.45) is -4.54. The van der Waals surface area contributed by atoms with E-state index in [1.165, 1.54) is 11.8 Å². The van der Waals surface area contributed by atoms with Gasteiger partial charge in [0.25, 0.3) is 0 Å². The Labute approximate surface area is 197 Å². The molecule has 3 aromatic carbocycles. The molecule has 0 bridgehead atoms. The zero-order valence-corrected chi connectivity index (χ0v) is 18.8. The maximum absolute atomic E-state index is 13.0. The highest BCUT2D eigenvalue weighted by atomic mass is 35.5. The summed E-state index contributed by atoms with van der Waals surface area (Å²) in [5.74, 6) is -0.501. The van der Waals surface area contributed by atoms with Crippen molar-refractivity contribution in [2.75, 3.05) is 5.32 Å². The number of nitrogens with one attached hydrogen (secondary N) is 1. The van der Waals surface area contributed by atoms with E-state index >= 15 is 0 Å². The minimum Gasteiger partial charge on any atom is -0.324 e. The molecule has 0 radical (unpaired) electrons. The zero-order valence-electron chi connectivity index (χ0n) is 17.2. The van der Waals surface area contributed by atoms with Gasteiger partial charge in [-0.25, -0.2) is 0 Å². The molecular formula is C24H17ClF3N3OS. The van der Waals surface area contributed by atoms with Gasteiger partial charge in [-0.15, -0.1) is 10.2 Å². The van der Waals surface area contributed by atoms with Crippen LogP contribution in [0, 0.1) is 0 Å². The first-order chi connectivity index (χ1) is 15.7. The van der Waals surface area contributed by atoms with Crippen molar-refractivity contribution in [1.29, 1.82) is 0 Å². The monoisotopic (exact) mass is 487 g/mol. The van der Waals surface area contributed by atoms with Crippen LogP contribution < -0.4 is 5.32 Å². The van der Waals surface area contributed by atoms with E-state index in [0.717, 1.165) is 40.2 Å². The van der Waals surface area contributed by atoms with Crippen molar-refractivity contribution in [3.8, 4) is 11.3 Å². The Balaban J connectivity index is 1.59. The number of carbonyl (C=O) groups excluding carboxylic acids is 1. The van der Waals surface area contributed by atoms with Gasteiger partial charge in [0.15, 0.2) is 0 Å². The number of aromatic nitrogens is 2. The molecule has 0 saturated heterocycles. The summed E-state index contributed by atoms with van der Waals surface area (Å²) in [6, 6.07) is 20.0. The van der Waals surface area contributed by atoms with Crippen LogP contribution in [0.4, 0.5) is 18.9 Å². The Bertz CT molecular complexity index is 1320. The van der Waals surface area contributed by atoms with Crippen LogP contribution >= 0.6 is 23.4 Å². The number of fused-ring (bicyclic) bond motifs is 1. The molecule has 0 aliphatic carbocycles. The third-order valence-corrected chi connectivity index (χ3v) is 6.33. The van der Waals surface area contributed by atoms with Gasteiger partial charge in [-0.1, -0.05) is 78.0 Å². The predicted octanol–water partition coefficient (Wildman–Crippen LogP) is 7.09.